The van der Waals surface area contributed by atoms with E-state index in [4.69, 9.17) is 0 Å². The van der Waals surface area contributed by atoms with Crippen LogP contribution in [0.3, 0.4) is 0 Å². The fourth-order valence-electron chi connectivity index (χ4n) is 3.17. The fourth-order valence-corrected chi connectivity index (χ4v) is 3.17. The summed E-state index contributed by atoms with van der Waals surface area (Å²) >= 11 is 0. The number of amides is 1. The number of benzene rings is 1. The predicted molar refractivity (Wildman–Crippen MR) is 93.9 cm³/mol. The van der Waals surface area contributed by atoms with Crippen LogP contribution in [0.15, 0.2) is 30.3 Å². The van der Waals surface area contributed by atoms with Gasteiger partial charge in [0.15, 0.2) is 0 Å². The van der Waals surface area contributed by atoms with Gasteiger partial charge in [-0.1, -0.05) is 29.8 Å². The van der Waals surface area contributed by atoms with E-state index in [0.717, 1.165) is 38.4 Å². The first-order valence-electron chi connectivity index (χ1n) is 8.41. The Bertz CT molecular complexity index is 716. The molecule has 1 aliphatic heterocycles. The van der Waals surface area contributed by atoms with Crippen LogP contribution in [0.2, 0.25) is 0 Å². The van der Waals surface area contributed by atoms with E-state index in [1.807, 2.05) is 18.7 Å². The van der Waals surface area contributed by atoms with Gasteiger partial charge in [-0.05, 0) is 32.4 Å². The molecule has 0 unspecified atom stereocenters. The summed E-state index contributed by atoms with van der Waals surface area (Å²) in [7, 11) is 0. The monoisotopic (exact) mass is 324 g/mol. The normalized spacial score (nSPS) is 15.5. The molecule has 126 valence electrons. The van der Waals surface area contributed by atoms with E-state index < -0.39 is 0 Å². The molecule has 0 aliphatic carbocycles. The molecule has 1 saturated heterocycles. The van der Waals surface area contributed by atoms with Crippen LogP contribution in [-0.2, 0) is 6.54 Å². The van der Waals surface area contributed by atoms with Crippen molar-refractivity contribution < 1.29 is 4.79 Å². The molecule has 0 bridgehead atoms. The number of nitrogens with zero attached hydrogens (tertiary/aromatic N) is 4. The van der Waals surface area contributed by atoms with Crippen LogP contribution in [0, 0.1) is 20.8 Å². The molecule has 0 spiro atoms. The summed E-state index contributed by atoms with van der Waals surface area (Å²) in [6, 6.07) is 10.4. The number of hydrogen-bond acceptors (Lipinski definition) is 4. The highest BCUT2D eigenvalue weighted by Crippen LogP contribution is 2.12. The number of hydrogen-bond donors (Lipinski definition) is 0. The quantitative estimate of drug-likeness (QED) is 0.870. The van der Waals surface area contributed by atoms with Gasteiger partial charge in [0.05, 0.1) is 0 Å². The molecule has 3 rings (SSSR count). The maximum absolute atomic E-state index is 12.6. The van der Waals surface area contributed by atoms with Crippen LogP contribution in [0.4, 0.5) is 0 Å². The molecule has 24 heavy (non-hydrogen) atoms. The highest BCUT2D eigenvalue weighted by atomic mass is 16.2. The molecule has 5 nitrogen and oxygen atoms in total. The van der Waals surface area contributed by atoms with Gasteiger partial charge in [-0.2, -0.15) is 0 Å². The second-order valence-corrected chi connectivity index (χ2v) is 6.50. The summed E-state index contributed by atoms with van der Waals surface area (Å²) < 4.78 is 0. The highest BCUT2D eigenvalue weighted by Gasteiger charge is 2.23. The van der Waals surface area contributed by atoms with Gasteiger partial charge in [0, 0.05) is 38.4 Å². The molecule has 0 saturated carbocycles. The van der Waals surface area contributed by atoms with Gasteiger partial charge < -0.3 is 4.90 Å². The topological polar surface area (TPSA) is 49.3 Å². The van der Waals surface area contributed by atoms with Crippen molar-refractivity contribution in [3.63, 3.8) is 0 Å². The number of carbonyl (C=O) groups is 1. The van der Waals surface area contributed by atoms with Crippen molar-refractivity contribution in [1.29, 1.82) is 0 Å². The Labute approximate surface area is 143 Å². The van der Waals surface area contributed by atoms with E-state index in [0.29, 0.717) is 11.5 Å². The van der Waals surface area contributed by atoms with Crippen molar-refractivity contribution in [1.82, 2.24) is 19.8 Å². The van der Waals surface area contributed by atoms with E-state index >= 15 is 0 Å². The van der Waals surface area contributed by atoms with Crippen molar-refractivity contribution in [3.05, 3.63) is 58.7 Å². The van der Waals surface area contributed by atoms with Crippen molar-refractivity contribution in [2.75, 3.05) is 26.2 Å². The Morgan fingerprint density at radius 2 is 1.79 bits per heavy atom. The summed E-state index contributed by atoms with van der Waals surface area (Å²) in [5, 5.41) is 0. The first-order valence-corrected chi connectivity index (χ1v) is 8.41. The zero-order chi connectivity index (χ0) is 17.1. The van der Waals surface area contributed by atoms with Crippen LogP contribution in [0.5, 0.6) is 0 Å². The van der Waals surface area contributed by atoms with E-state index in [2.05, 4.69) is 46.1 Å². The lowest BCUT2D eigenvalue weighted by molar-refractivity contribution is 0.0622. The van der Waals surface area contributed by atoms with Crippen molar-refractivity contribution in [2.24, 2.45) is 0 Å². The molecule has 0 atom stereocenters. The molecule has 1 aliphatic rings. The zero-order valence-corrected chi connectivity index (χ0v) is 14.6. The summed E-state index contributed by atoms with van der Waals surface area (Å²) in [6.07, 6.45) is 0. The Morgan fingerprint density at radius 1 is 1.04 bits per heavy atom. The third kappa shape index (κ3) is 3.97. The zero-order valence-electron chi connectivity index (χ0n) is 14.6. The lowest BCUT2D eigenvalue weighted by Gasteiger charge is -2.34. The molecule has 1 fully saturated rings. The van der Waals surface area contributed by atoms with Gasteiger partial charge in [-0.25, -0.2) is 9.97 Å². The van der Waals surface area contributed by atoms with Gasteiger partial charge in [-0.15, -0.1) is 0 Å². The second kappa shape index (κ2) is 7.09. The molecule has 5 heteroatoms. The molecular formula is C19H24N4O. The van der Waals surface area contributed by atoms with Crippen molar-refractivity contribution in [2.45, 2.75) is 27.3 Å². The number of aromatic nitrogens is 2. The third-order valence-electron chi connectivity index (χ3n) is 4.33. The van der Waals surface area contributed by atoms with Gasteiger partial charge in [0.2, 0.25) is 0 Å². The number of piperazine rings is 1. The van der Waals surface area contributed by atoms with Gasteiger partial charge >= 0.3 is 0 Å². The number of rotatable bonds is 3. The standard InChI is InChI=1S/C19H24N4O/c1-14-5-4-6-17(11-14)13-22-7-9-23(10-8-22)19(24)18-12-15(2)20-16(3)21-18/h4-6,11-12H,7-10,13H2,1-3H3. The summed E-state index contributed by atoms with van der Waals surface area (Å²) in [4.78, 5) is 25.5. The summed E-state index contributed by atoms with van der Waals surface area (Å²) in [6.45, 7) is 10.0. The summed E-state index contributed by atoms with van der Waals surface area (Å²) in [5.41, 5.74) is 3.96. The third-order valence-corrected chi connectivity index (χ3v) is 4.33. The van der Waals surface area contributed by atoms with Crippen molar-refractivity contribution in [3.8, 4) is 0 Å². The SMILES string of the molecule is Cc1cccc(CN2CCN(C(=O)c3cc(C)nc(C)n3)CC2)c1. The molecule has 2 heterocycles. The van der Waals surface area contributed by atoms with E-state index in [9.17, 15) is 4.79 Å². The minimum Gasteiger partial charge on any atom is -0.335 e. The highest BCUT2D eigenvalue weighted by molar-refractivity contribution is 5.92. The van der Waals surface area contributed by atoms with Crippen LogP contribution >= 0.6 is 0 Å². The Hall–Kier alpha value is -2.27. The maximum atomic E-state index is 12.6. The molecule has 2 aromatic rings. The van der Waals surface area contributed by atoms with E-state index in [1.165, 1.54) is 11.1 Å². The van der Waals surface area contributed by atoms with Gasteiger partial charge in [0.25, 0.3) is 5.91 Å². The summed E-state index contributed by atoms with van der Waals surface area (Å²) in [5.74, 6) is 0.662. The van der Waals surface area contributed by atoms with Crippen LogP contribution in [0.1, 0.15) is 33.1 Å². The average molecular weight is 324 g/mol. The van der Waals surface area contributed by atoms with Crippen LogP contribution in [0.25, 0.3) is 0 Å². The molecule has 0 radical (unpaired) electrons. The minimum absolute atomic E-state index is 0.0128. The largest absolute Gasteiger partial charge is 0.335 e. The molecule has 0 N–H and O–H groups in total. The van der Waals surface area contributed by atoms with Crippen LogP contribution < -0.4 is 0 Å². The Kier molecular flexibility index (Phi) is 4.90. The smallest absolute Gasteiger partial charge is 0.272 e. The Balaban J connectivity index is 1.59. The molecule has 1 aromatic heterocycles. The van der Waals surface area contributed by atoms with E-state index in [-0.39, 0.29) is 5.91 Å². The Morgan fingerprint density at radius 3 is 2.46 bits per heavy atom. The lowest BCUT2D eigenvalue weighted by Crippen LogP contribution is -2.48. The number of aryl methyl sites for hydroxylation is 3. The van der Waals surface area contributed by atoms with Crippen LogP contribution in [-0.4, -0.2) is 51.9 Å². The lowest BCUT2D eigenvalue weighted by atomic mass is 10.1. The molecule has 1 aromatic carbocycles. The predicted octanol–water partition coefficient (Wildman–Crippen LogP) is 2.36. The van der Waals surface area contributed by atoms with Crippen molar-refractivity contribution >= 4 is 5.91 Å². The first kappa shape index (κ1) is 16.6. The number of carbonyl (C=O) groups excluding carboxylic acids is 1. The fraction of sp³-hybridized carbons (Fsp3) is 0.421. The molecular weight excluding hydrogens is 300 g/mol. The molecule has 1 amide bonds. The first-order chi connectivity index (χ1) is 11.5. The maximum Gasteiger partial charge on any atom is 0.272 e. The van der Waals surface area contributed by atoms with Gasteiger partial charge in [-0.3, -0.25) is 9.69 Å². The average Bonchev–Trinajstić information content (AvgIpc) is 2.54. The van der Waals surface area contributed by atoms with E-state index in [1.54, 1.807) is 6.07 Å². The second-order valence-electron chi connectivity index (χ2n) is 6.50. The van der Waals surface area contributed by atoms with Gasteiger partial charge in [0.1, 0.15) is 11.5 Å². The minimum atomic E-state index is 0.0128.